The van der Waals surface area contributed by atoms with Crippen LogP contribution < -0.4 is 0 Å². The number of hydrogen-bond acceptors (Lipinski definition) is 6. The Labute approximate surface area is 202 Å². The van der Waals surface area contributed by atoms with E-state index < -0.39 is 26.8 Å². The number of benzene rings is 1. The van der Waals surface area contributed by atoms with Gasteiger partial charge in [0, 0.05) is 43.8 Å². The summed E-state index contributed by atoms with van der Waals surface area (Å²) >= 11 is 0. The Morgan fingerprint density at radius 2 is 1.83 bits per heavy atom. The second-order valence-electron chi connectivity index (χ2n) is 10.8. The maximum atomic E-state index is 13.6. The van der Waals surface area contributed by atoms with Crippen LogP contribution in [0.5, 0.6) is 0 Å². The van der Waals surface area contributed by atoms with E-state index in [4.69, 9.17) is 4.98 Å². The molecule has 0 bridgehead atoms. The molecule has 1 aliphatic carbocycles. The van der Waals surface area contributed by atoms with Gasteiger partial charge in [0.2, 0.25) is 15.9 Å². The van der Waals surface area contributed by atoms with Crippen LogP contribution in [-0.2, 0) is 26.8 Å². The monoisotopic (exact) mass is 512 g/mol. The van der Waals surface area contributed by atoms with E-state index in [9.17, 15) is 32.1 Å². The van der Waals surface area contributed by atoms with E-state index in [0.29, 0.717) is 24.9 Å². The van der Waals surface area contributed by atoms with Crippen molar-refractivity contribution < 1.29 is 26.9 Å². The molecule has 1 aromatic heterocycles. The number of fused-ring (bicyclic) bond motifs is 1. The number of carbonyl (C=O) groups is 1. The fourth-order valence-electron chi connectivity index (χ4n) is 4.89. The average Bonchev–Trinajstić information content (AvgIpc) is 3.09. The van der Waals surface area contributed by atoms with Gasteiger partial charge in [-0.15, -0.1) is 0 Å². The van der Waals surface area contributed by atoms with Crippen LogP contribution in [0.25, 0.3) is 11.0 Å². The SMILES string of the molecule is CC(C)(C)c1nc2cc(S(=O)(=O)N3CC(CC(=O)[N+](=O)[O-])C3)ccc2n1CC1CCC(F)(F)CC1. The van der Waals surface area contributed by atoms with Gasteiger partial charge >= 0.3 is 5.91 Å². The molecular formula is C23H30F2N4O5S. The zero-order valence-electron chi connectivity index (χ0n) is 20.0. The van der Waals surface area contributed by atoms with Gasteiger partial charge in [-0.1, -0.05) is 20.8 Å². The van der Waals surface area contributed by atoms with E-state index in [1.807, 2.05) is 25.3 Å². The molecule has 0 radical (unpaired) electrons. The minimum Gasteiger partial charge on any atom is -0.327 e. The van der Waals surface area contributed by atoms with Gasteiger partial charge in [0.25, 0.3) is 0 Å². The zero-order valence-corrected chi connectivity index (χ0v) is 20.9. The second-order valence-corrected chi connectivity index (χ2v) is 12.7. The lowest BCUT2D eigenvalue weighted by Crippen LogP contribution is -2.50. The van der Waals surface area contributed by atoms with E-state index in [1.54, 1.807) is 6.07 Å². The van der Waals surface area contributed by atoms with Crippen molar-refractivity contribution in [3.8, 4) is 0 Å². The van der Waals surface area contributed by atoms with Gasteiger partial charge in [0.15, 0.2) is 0 Å². The van der Waals surface area contributed by atoms with Crippen molar-refractivity contribution >= 4 is 27.0 Å². The second kappa shape index (κ2) is 8.88. The average molecular weight is 513 g/mol. The van der Waals surface area contributed by atoms with Crippen molar-refractivity contribution in [3.63, 3.8) is 0 Å². The van der Waals surface area contributed by atoms with Crippen LogP contribution in [0.4, 0.5) is 8.78 Å². The molecule has 2 aromatic rings. The van der Waals surface area contributed by atoms with Gasteiger partial charge in [-0.2, -0.15) is 4.31 Å². The van der Waals surface area contributed by atoms with Gasteiger partial charge in [0.05, 0.1) is 22.3 Å². The first kappa shape index (κ1) is 25.6. The molecule has 2 fully saturated rings. The van der Waals surface area contributed by atoms with Crippen LogP contribution in [0.3, 0.4) is 0 Å². The van der Waals surface area contributed by atoms with E-state index in [0.717, 1.165) is 11.3 Å². The quantitative estimate of drug-likeness (QED) is 0.427. The lowest BCUT2D eigenvalue weighted by molar-refractivity contribution is -0.403. The Hall–Kier alpha value is -2.47. The van der Waals surface area contributed by atoms with E-state index in [-0.39, 0.29) is 54.5 Å². The minimum atomic E-state index is -3.84. The fourth-order valence-corrected chi connectivity index (χ4v) is 6.50. The highest BCUT2D eigenvalue weighted by Gasteiger charge is 2.40. The molecule has 2 aliphatic rings. The number of sulfonamides is 1. The highest BCUT2D eigenvalue weighted by Crippen LogP contribution is 2.38. The van der Waals surface area contributed by atoms with Crippen LogP contribution >= 0.6 is 0 Å². The number of halogens is 2. The van der Waals surface area contributed by atoms with Gasteiger partial charge in [-0.25, -0.2) is 27.0 Å². The molecule has 12 heteroatoms. The number of alkyl halides is 2. The van der Waals surface area contributed by atoms with Gasteiger partial charge in [-0.3, -0.25) is 10.1 Å². The summed E-state index contributed by atoms with van der Waals surface area (Å²) in [6.07, 6.45) is 0.323. The maximum absolute atomic E-state index is 13.6. The molecule has 1 aliphatic heterocycles. The highest BCUT2D eigenvalue weighted by atomic mass is 32.2. The Bertz CT molecular complexity index is 1250. The third kappa shape index (κ3) is 5.23. The third-order valence-corrected chi connectivity index (χ3v) is 8.72. The van der Waals surface area contributed by atoms with Crippen LogP contribution in [0, 0.1) is 22.0 Å². The molecule has 9 nitrogen and oxygen atoms in total. The first-order chi connectivity index (χ1) is 16.2. The van der Waals surface area contributed by atoms with E-state index in [2.05, 4.69) is 0 Å². The Balaban J connectivity index is 1.57. The topological polar surface area (TPSA) is 115 Å². The molecule has 0 N–H and O–H groups in total. The zero-order chi connectivity index (χ0) is 25.8. The number of hydrogen-bond donors (Lipinski definition) is 0. The molecular weight excluding hydrogens is 482 g/mol. The summed E-state index contributed by atoms with van der Waals surface area (Å²) in [7, 11) is -3.84. The molecule has 35 heavy (non-hydrogen) atoms. The third-order valence-electron chi connectivity index (χ3n) is 6.90. The number of rotatable bonds is 6. The van der Waals surface area contributed by atoms with Crippen molar-refractivity contribution in [2.24, 2.45) is 11.8 Å². The molecule has 2 heterocycles. The molecule has 0 unspecified atom stereocenters. The van der Waals surface area contributed by atoms with Crippen LogP contribution in [0.2, 0.25) is 0 Å². The lowest BCUT2D eigenvalue weighted by Gasteiger charge is -2.36. The van der Waals surface area contributed by atoms with Gasteiger partial charge < -0.3 is 4.57 Å². The molecule has 1 saturated heterocycles. The number of carbonyl (C=O) groups excluding carboxylic acids is 1. The number of nitrogens with zero attached hydrogens (tertiary/aromatic N) is 4. The Morgan fingerprint density at radius 3 is 2.40 bits per heavy atom. The van der Waals surface area contributed by atoms with E-state index >= 15 is 0 Å². The fraction of sp³-hybridized carbons (Fsp3) is 0.652. The Kier molecular flexibility index (Phi) is 6.50. The molecule has 4 rings (SSSR count). The van der Waals surface area contributed by atoms with Crippen LogP contribution in [-0.4, -0.2) is 52.1 Å². The van der Waals surface area contributed by atoms with Crippen molar-refractivity contribution in [2.75, 3.05) is 13.1 Å². The van der Waals surface area contributed by atoms with Crippen LogP contribution in [0.1, 0.15) is 58.7 Å². The first-order valence-electron chi connectivity index (χ1n) is 11.7. The lowest BCUT2D eigenvalue weighted by atomic mass is 9.86. The minimum absolute atomic E-state index is 0.0495. The number of imidazole rings is 1. The van der Waals surface area contributed by atoms with Gasteiger partial charge in [0.1, 0.15) is 10.7 Å². The molecule has 192 valence electrons. The number of amides is 1. The summed E-state index contributed by atoms with van der Waals surface area (Å²) < 4.78 is 56.7. The predicted molar refractivity (Wildman–Crippen MR) is 124 cm³/mol. The van der Waals surface area contributed by atoms with Crippen molar-refractivity contribution in [2.45, 2.75) is 75.7 Å². The largest absolute Gasteiger partial charge is 0.445 e. The molecule has 0 atom stereocenters. The summed E-state index contributed by atoms with van der Waals surface area (Å²) in [6.45, 7) is 6.66. The Morgan fingerprint density at radius 1 is 1.20 bits per heavy atom. The van der Waals surface area contributed by atoms with Gasteiger partial charge in [-0.05, 0) is 37.0 Å². The summed E-state index contributed by atoms with van der Waals surface area (Å²) in [5.74, 6) is -3.23. The standard InChI is InChI=1S/C23H30F2N4O5S/c1-22(2,3)21-26-18-11-17(35(33,34)27-12-16(13-27)10-20(30)29(31)32)4-5-19(18)28(21)14-15-6-8-23(24,25)9-7-15/h4-5,11,15-16H,6-10,12-14H2,1-3H3. The molecule has 1 aromatic carbocycles. The number of nitro groups is 1. The smallest absolute Gasteiger partial charge is 0.327 e. The normalized spacial score (nSPS) is 20.1. The van der Waals surface area contributed by atoms with Crippen molar-refractivity contribution in [1.29, 1.82) is 0 Å². The van der Waals surface area contributed by atoms with E-state index in [1.165, 1.54) is 16.4 Å². The summed E-state index contributed by atoms with van der Waals surface area (Å²) in [5.41, 5.74) is 0.923. The molecule has 1 amide bonds. The highest BCUT2D eigenvalue weighted by molar-refractivity contribution is 7.89. The summed E-state index contributed by atoms with van der Waals surface area (Å²) in [6, 6.07) is 4.73. The van der Waals surface area contributed by atoms with Crippen molar-refractivity contribution in [1.82, 2.24) is 13.9 Å². The van der Waals surface area contributed by atoms with Crippen molar-refractivity contribution in [3.05, 3.63) is 34.1 Å². The van der Waals surface area contributed by atoms with Crippen LogP contribution in [0.15, 0.2) is 23.1 Å². The predicted octanol–water partition coefficient (Wildman–Crippen LogP) is 3.97. The molecule has 0 spiro atoms. The number of aromatic nitrogens is 2. The summed E-state index contributed by atoms with van der Waals surface area (Å²) in [4.78, 5) is 25.7. The molecule has 1 saturated carbocycles. The first-order valence-corrected chi connectivity index (χ1v) is 13.2. The summed E-state index contributed by atoms with van der Waals surface area (Å²) in [5, 5.41) is 10.5. The maximum Gasteiger partial charge on any atom is 0.445 e.